The molecule has 0 aliphatic carbocycles. The van der Waals surface area contributed by atoms with Crippen LogP contribution in [0.2, 0.25) is 0 Å². The van der Waals surface area contributed by atoms with Crippen LogP contribution in [0.4, 0.5) is 0 Å². The van der Waals surface area contributed by atoms with Gasteiger partial charge in [-0.25, -0.2) is 0 Å². The van der Waals surface area contributed by atoms with Crippen LogP contribution in [0, 0.1) is 10.1 Å². The highest BCUT2D eigenvalue weighted by Crippen LogP contribution is 2.04. The Morgan fingerprint density at radius 2 is 2.27 bits per heavy atom. The van der Waals surface area contributed by atoms with Crippen LogP contribution in [0.25, 0.3) is 0 Å². The van der Waals surface area contributed by atoms with Crippen LogP contribution in [0.5, 0.6) is 0 Å². The molecule has 0 aromatic rings. The van der Waals surface area contributed by atoms with E-state index >= 15 is 0 Å². The third-order valence-corrected chi connectivity index (χ3v) is 4.30. The van der Waals surface area contributed by atoms with Gasteiger partial charge in [-0.3, -0.25) is 10.1 Å². The van der Waals surface area contributed by atoms with Gasteiger partial charge in [-0.15, -0.1) is 0 Å². The number of hydrogen-bond donors (Lipinski definition) is 1. The molecule has 8 heteroatoms. The van der Waals surface area contributed by atoms with Crippen molar-refractivity contribution in [2.75, 3.05) is 0 Å². The lowest BCUT2D eigenvalue weighted by atomic mass is 10.9. The SMILES string of the molecule is O=[N+]([O-])C1NC=CS1=S(=O)=O. The van der Waals surface area contributed by atoms with E-state index in [1.54, 1.807) is 0 Å². The summed E-state index contributed by atoms with van der Waals surface area (Å²) >= 11 is 0. The molecule has 0 spiro atoms. The van der Waals surface area contributed by atoms with Crippen molar-refractivity contribution in [1.82, 2.24) is 5.32 Å². The molecular formula is C3H4N2O4S2. The summed E-state index contributed by atoms with van der Waals surface area (Å²) in [7, 11) is -3.73. The van der Waals surface area contributed by atoms with Crippen LogP contribution in [0.1, 0.15) is 0 Å². The number of nitrogens with one attached hydrogen (secondary N) is 1. The average molecular weight is 196 g/mol. The topological polar surface area (TPSA) is 89.3 Å². The van der Waals surface area contributed by atoms with Gasteiger partial charge in [0, 0.05) is 11.6 Å². The van der Waals surface area contributed by atoms with Gasteiger partial charge in [0.1, 0.15) is 0 Å². The van der Waals surface area contributed by atoms with Crippen molar-refractivity contribution in [3.63, 3.8) is 0 Å². The van der Waals surface area contributed by atoms with Crippen molar-refractivity contribution in [2.24, 2.45) is 0 Å². The first-order valence-corrected chi connectivity index (χ1v) is 5.45. The van der Waals surface area contributed by atoms with Gasteiger partial charge in [0.2, 0.25) is 0 Å². The van der Waals surface area contributed by atoms with Crippen LogP contribution in [-0.2, 0) is 18.7 Å². The normalized spacial score (nSPS) is 28.0. The fourth-order valence-electron chi connectivity index (χ4n) is 0.596. The van der Waals surface area contributed by atoms with E-state index in [0.29, 0.717) is 0 Å². The summed E-state index contributed by atoms with van der Waals surface area (Å²) in [6, 6.07) is 0. The summed E-state index contributed by atoms with van der Waals surface area (Å²) in [5, 5.41) is 13.8. The van der Waals surface area contributed by atoms with E-state index < -0.39 is 29.1 Å². The molecule has 1 aliphatic rings. The van der Waals surface area contributed by atoms with Gasteiger partial charge in [-0.1, -0.05) is 0 Å². The Balaban J connectivity index is 3.09. The molecular weight excluding hydrogens is 192 g/mol. The predicted molar refractivity (Wildman–Crippen MR) is 39.3 cm³/mol. The molecule has 0 aromatic carbocycles. The van der Waals surface area contributed by atoms with Gasteiger partial charge in [-0.05, 0) is 0 Å². The van der Waals surface area contributed by atoms with Gasteiger partial charge in [0.15, 0.2) is 0 Å². The highest BCUT2D eigenvalue weighted by atomic mass is 32.9. The first kappa shape index (κ1) is 8.21. The quantitative estimate of drug-likeness (QED) is 0.430. The van der Waals surface area contributed by atoms with Crippen LogP contribution in [-0.4, -0.2) is 18.8 Å². The van der Waals surface area contributed by atoms with E-state index in [0.717, 1.165) is 0 Å². The van der Waals surface area contributed by atoms with Crippen molar-refractivity contribution >= 4 is 18.7 Å². The maximum atomic E-state index is 10.3. The Morgan fingerprint density at radius 3 is 2.64 bits per heavy atom. The lowest BCUT2D eigenvalue weighted by molar-refractivity contribution is -0.499. The minimum Gasteiger partial charge on any atom is -0.320 e. The monoisotopic (exact) mass is 196 g/mol. The van der Waals surface area contributed by atoms with E-state index in [-0.39, 0.29) is 0 Å². The van der Waals surface area contributed by atoms with E-state index in [9.17, 15) is 18.5 Å². The maximum Gasteiger partial charge on any atom is 0.343 e. The highest BCUT2D eigenvalue weighted by Gasteiger charge is 2.27. The van der Waals surface area contributed by atoms with Crippen molar-refractivity contribution < 1.29 is 13.3 Å². The van der Waals surface area contributed by atoms with Crippen LogP contribution < -0.4 is 5.32 Å². The second-order valence-corrected chi connectivity index (χ2v) is 5.39. The minimum absolute atomic E-state index is 0.654. The molecule has 0 radical (unpaired) electrons. The Bertz CT molecular complexity index is 334. The van der Waals surface area contributed by atoms with E-state index in [2.05, 4.69) is 5.32 Å². The Kier molecular flexibility index (Phi) is 2.25. The number of hydrogen-bond acceptors (Lipinski definition) is 5. The molecule has 11 heavy (non-hydrogen) atoms. The standard InChI is InChI=1S/C3H4N2O4S2/c6-5(7)3-4-1-2-10(3)11(8)9/h1-4H. The second kappa shape index (κ2) is 3.01. The fraction of sp³-hybridized carbons (Fsp3) is 0.333. The van der Waals surface area contributed by atoms with Crippen molar-refractivity contribution in [3.8, 4) is 0 Å². The molecule has 1 heterocycles. The zero-order chi connectivity index (χ0) is 8.43. The van der Waals surface area contributed by atoms with Crippen molar-refractivity contribution in [3.05, 3.63) is 21.7 Å². The molecule has 1 N–H and O–H groups in total. The molecule has 0 bridgehead atoms. The Morgan fingerprint density at radius 1 is 1.64 bits per heavy atom. The van der Waals surface area contributed by atoms with Crippen molar-refractivity contribution in [1.29, 1.82) is 0 Å². The van der Waals surface area contributed by atoms with Crippen LogP contribution >= 0.6 is 0 Å². The molecule has 0 saturated heterocycles. The Labute approximate surface area is 65.2 Å². The van der Waals surface area contributed by atoms with Gasteiger partial charge in [0.05, 0.1) is 14.4 Å². The Hall–Kier alpha value is -0.890. The summed E-state index contributed by atoms with van der Waals surface area (Å²) in [5.74, 6) is 0. The third kappa shape index (κ3) is 1.57. The molecule has 6 nitrogen and oxygen atoms in total. The average Bonchev–Trinajstić information content (AvgIpc) is 2.32. The smallest absolute Gasteiger partial charge is 0.320 e. The van der Waals surface area contributed by atoms with Gasteiger partial charge in [-0.2, -0.15) is 8.42 Å². The van der Waals surface area contributed by atoms with Gasteiger partial charge >= 0.3 is 5.50 Å². The van der Waals surface area contributed by atoms with Crippen molar-refractivity contribution in [2.45, 2.75) is 5.50 Å². The fourth-order valence-corrected chi connectivity index (χ4v) is 2.84. The minimum atomic E-state index is -2.40. The molecule has 1 rings (SSSR count). The summed E-state index contributed by atoms with van der Waals surface area (Å²) in [5.41, 5.74) is -1.20. The van der Waals surface area contributed by atoms with Crippen LogP contribution in [0.3, 0.4) is 0 Å². The molecule has 2 unspecified atom stereocenters. The maximum absolute atomic E-state index is 10.3. The lowest BCUT2D eigenvalue weighted by Gasteiger charge is -1.99. The number of nitro groups is 1. The molecule has 0 fully saturated rings. The van der Waals surface area contributed by atoms with E-state index in [1.807, 2.05) is 0 Å². The zero-order valence-electron chi connectivity index (χ0n) is 5.13. The predicted octanol–water partition coefficient (Wildman–Crippen LogP) is -0.966. The summed E-state index contributed by atoms with van der Waals surface area (Å²) < 4.78 is 20.7. The van der Waals surface area contributed by atoms with Crippen LogP contribution in [0.15, 0.2) is 11.6 Å². The largest absolute Gasteiger partial charge is 0.343 e. The molecule has 62 valence electrons. The van der Waals surface area contributed by atoms with Gasteiger partial charge < -0.3 is 5.32 Å². The zero-order valence-corrected chi connectivity index (χ0v) is 6.76. The highest BCUT2D eigenvalue weighted by molar-refractivity contribution is 8.35. The number of nitrogens with zero attached hydrogens (tertiary/aromatic N) is 1. The van der Waals surface area contributed by atoms with E-state index in [4.69, 9.17) is 0 Å². The second-order valence-electron chi connectivity index (χ2n) is 1.64. The summed E-state index contributed by atoms with van der Waals surface area (Å²) in [4.78, 5) is 9.50. The lowest BCUT2D eigenvalue weighted by Crippen LogP contribution is -2.31. The summed E-state index contributed by atoms with van der Waals surface area (Å²) in [6.45, 7) is 0. The molecule has 1 aliphatic heterocycles. The molecule has 0 aromatic heterocycles. The van der Waals surface area contributed by atoms with Gasteiger partial charge in [0.25, 0.3) is 9.26 Å². The third-order valence-electron chi connectivity index (χ3n) is 1.01. The molecule has 2 atom stereocenters. The molecule has 0 saturated carbocycles. The number of rotatable bonds is 1. The molecule has 0 amide bonds. The first-order valence-electron chi connectivity index (χ1n) is 2.51. The summed E-state index contributed by atoms with van der Waals surface area (Å²) in [6.07, 6.45) is 1.28. The first-order chi connectivity index (χ1) is 5.13. The van der Waals surface area contributed by atoms with E-state index in [1.165, 1.54) is 11.6 Å².